The van der Waals surface area contributed by atoms with Crippen LogP contribution in [-0.2, 0) is 4.79 Å². The number of nitrogens with one attached hydrogen (secondary N) is 2. The summed E-state index contributed by atoms with van der Waals surface area (Å²) in [7, 11) is 0. The van der Waals surface area contributed by atoms with E-state index in [1.54, 1.807) is 0 Å². The van der Waals surface area contributed by atoms with Crippen LogP contribution in [0, 0.1) is 0 Å². The van der Waals surface area contributed by atoms with Gasteiger partial charge in [-0.05, 0) is 25.8 Å². The number of hydrogen-bond donors (Lipinski definition) is 3. The zero-order valence-corrected chi connectivity index (χ0v) is 11.0. The summed E-state index contributed by atoms with van der Waals surface area (Å²) in [6.07, 6.45) is 0.894. The highest BCUT2D eigenvalue weighted by atomic mass is 16.4. The van der Waals surface area contributed by atoms with Crippen molar-refractivity contribution in [1.29, 1.82) is 0 Å². The highest BCUT2D eigenvalue weighted by Gasteiger charge is 2.40. The molecule has 0 heterocycles. The molecule has 5 nitrogen and oxygen atoms in total. The highest BCUT2D eigenvalue weighted by molar-refractivity contribution is 5.85. The van der Waals surface area contributed by atoms with Crippen LogP contribution in [0.15, 0.2) is 30.3 Å². The van der Waals surface area contributed by atoms with Crippen LogP contribution < -0.4 is 10.6 Å². The second-order valence-corrected chi connectivity index (χ2v) is 5.39. The molecule has 0 radical (unpaired) electrons. The second kappa shape index (κ2) is 4.91. The van der Waals surface area contributed by atoms with Gasteiger partial charge >= 0.3 is 12.0 Å². The van der Waals surface area contributed by atoms with Crippen LogP contribution in [0.1, 0.15) is 31.7 Å². The monoisotopic (exact) mass is 262 g/mol. The van der Waals surface area contributed by atoms with Gasteiger partial charge in [-0.1, -0.05) is 30.3 Å². The van der Waals surface area contributed by atoms with Crippen LogP contribution in [-0.4, -0.2) is 28.7 Å². The van der Waals surface area contributed by atoms with Gasteiger partial charge in [-0.3, -0.25) is 0 Å². The maximum atomic E-state index is 11.7. The topological polar surface area (TPSA) is 78.4 Å². The summed E-state index contributed by atoms with van der Waals surface area (Å²) >= 11 is 0. The number of amides is 2. The van der Waals surface area contributed by atoms with Gasteiger partial charge in [0.2, 0.25) is 0 Å². The number of carboxylic acids is 1. The summed E-state index contributed by atoms with van der Waals surface area (Å²) < 4.78 is 0. The van der Waals surface area contributed by atoms with Gasteiger partial charge in [0.25, 0.3) is 0 Å². The zero-order chi connectivity index (χ0) is 14.0. The van der Waals surface area contributed by atoms with Crippen molar-refractivity contribution in [2.75, 3.05) is 0 Å². The molecule has 3 N–H and O–H groups in total. The summed E-state index contributed by atoms with van der Waals surface area (Å²) in [5, 5.41) is 14.2. The van der Waals surface area contributed by atoms with Crippen molar-refractivity contribution in [1.82, 2.24) is 10.6 Å². The molecule has 102 valence electrons. The third kappa shape index (κ3) is 3.24. The Morgan fingerprint density at radius 1 is 1.26 bits per heavy atom. The van der Waals surface area contributed by atoms with E-state index in [0.717, 1.165) is 6.42 Å². The van der Waals surface area contributed by atoms with Crippen molar-refractivity contribution in [3.8, 4) is 0 Å². The summed E-state index contributed by atoms with van der Waals surface area (Å²) in [6.45, 7) is 2.91. The molecule has 2 atom stereocenters. The van der Waals surface area contributed by atoms with Crippen molar-refractivity contribution in [2.24, 2.45) is 0 Å². The lowest BCUT2D eigenvalue weighted by Crippen LogP contribution is -2.53. The summed E-state index contributed by atoms with van der Waals surface area (Å²) in [5.74, 6) is -0.724. The summed E-state index contributed by atoms with van der Waals surface area (Å²) in [4.78, 5) is 22.6. The molecule has 2 rings (SSSR count). The van der Waals surface area contributed by atoms with E-state index >= 15 is 0 Å². The Kier molecular flexibility index (Phi) is 3.46. The normalized spacial score (nSPS) is 21.6. The van der Waals surface area contributed by atoms with Gasteiger partial charge in [0, 0.05) is 12.0 Å². The van der Waals surface area contributed by atoms with Crippen LogP contribution in [0.25, 0.3) is 0 Å². The molecule has 1 fully saturated rings. The summed E-state index contributed by atoms with van der Waals surface area (Å²) in [5.41, 5.74) is -0.0633. The molecule has 19 heavy (non-hydrogen) atoms. The molecule has 1 aliphatic rings. The number of carboxylic acid groups (broad SMARTS) is 1. The lowest BCUT2D eigenvalue weighted by atomic mass is 10.1. The molecule has 1 saturated carbocycles. The average molecular weight is 262 g/mol. The van der Waals surface area contributed by atoms with Crippen LogP contribution in [0.2, 0.25) is 0 Å². The number of hydrogen-bond acceptors (Lipinski definition) is 2. The summed E-state index contributed by atoms with van der Waals surface area (Å²) in [6, 6.07) is 9.62. The average Bonchev–Trinajstić information content (AvgIpc) is 3.08. The molecule has 1 aromatic carbocycles. The third-order valence-corrected chi connectivity index (χ3v) is 3.30. The van der Waals surface area contributed by atoms with Gasteiger partial charge < -0.3 is 15.7 Å². The van der Waals surface area contributed by atoms with Crippen LogP contribution in [0.3, 0.4) is 0 Å². The number of rotatable bonds is 4. The first-order valence-corrected chi connectivity index (χ1v) is 6.27. The molecule has 2 amide bonds. The van der Waals surface area contributed by atoms with Crippen molar-refractivity contribution < 1.29 is 14.7 Å². The van der Waals surface area contributed by atoms with E-state index in [1.165, 1.54) is 19.4 Å². The molecular weight excluding hydrogens is 244 g/mol. The molecule has 1 aromatic rings. The van der Waals surface area contributed by atoms with Crippen LogP contribution >= 0.6 is 0 Å². The first-order chi connectivity index (χ1) is 8.90. The fourth-order valence-corrected chi connectivity index (χ4v) is 1.96. The van der Waals surface area contributed by atoms with Gasteiger partial charge in [-0.15, -0.1) is 0 Å². The lowest BCUT2D eigenvalue weighted by molar-refractivity contribution is -0.142. The van der Waals surface area contributed by atoms with E-state index in [4.69, 9.17) is 5.11 Å². The molecule has 0 aromatic heterocycles. The molecule has 0 bridgehead atoms. The quantitative estimate of drug-likeness (QED) is 0.773. The minimum Gasteiger partial charge on any atom is -0.480 e. The number of carbonyl (C=O) groups excluding carboxylic acids is 1. The highest BCUT2D eigenvalue weighted by Crippen LogP contribution is 2.40. The smallest absolute Gasteiger partial charge is 0.328 e. The zero-order valence-electron chi connectivity index (χ0n) is 11.0. The second-order valence-electron chi connectivity index (χ2n) is 5.39. The third-order valence-electron chi connectivity index (χ3n) is 3.30. The first-order valence-electron chi connectivity index (χ1n) is 6.27. The van der Waals surface area contributed by atoms with E-state index in [2.05, 4.69) is 10.6 Å². The van der Waals surface area contributed by atoms with Gasteiger partial charge in [0.05, 0.1) is 0 Å². The van der Waals surface area contributed by atoms with Gasteiger partial charge in [0.15, 0.2) is 0 Å². The molecule has 0 aliphatic heterocycles. The van der Waals surface area contributed by atoms with Gasteiger partial charge in [-0.2, -0.15) is 0 Å². The van der Waals surface area contributed by atoms with Crippen molar-refractivity contribution in [2.45, 2.75) is 37.8 Å². The Labute approximate surface area is 112 Å². The standard InChI is InChI=1S/C14H18N2O3/c1-14(2,12(17)18)16-13(19)15-11-8-10(11)9-6-4-3-5-7-9/h3-7,10-11H,8H2,1-2H3,(H,17,18)(H2,15,16,19). The minimum absolute atomic E-state index is 0.0898. The largest absolute Gasteiger partial charge is 0.480 e. The molecule has 0 spiro atoms. The van der Waals surface area contributed by atoms with E-state index in [9.17, 15) is 9.59 Å². The maximum Gasteiger partial charge on any atom is 0.328 e. The van der Waals surface area contributed by atoms with E-state index in [-0.39, 0.29) is 6.04 Å². The van der Waals surface area contributed by atoms with Crippen LogP contribution in [0.4, 0.5) is 4.79 Å². The van der Waals surface area contributed by atoms with E-state index in [1.807, 2.05) is 30.3 Å². The Morgan fingerprint density at radius 2 is 1.89 bits per heavy atom. The Hall–Kier alpha value is -2.04. The molecule has 5 heteroatoms. The van der Waals surface area contributed by atoms with E-state index in [0.29, 0.717) is 5.92 Å². The number of aliphatic carboxylic acids is 1. The molecule has 0 saturated heterocycles. The predicted octanol–water partition coefficient (Wildman–Crippen LogP) is 1.70. The van der Waals surface area contributed by atoms with E-state index < -0.39 is 17.5 Å². The van der Waals surface area contributed by atoms with Crippen LogP contribution in [0.5, 0.6) is 0 Å². The molecule has 1 aliphatic carbocycles. The van der Waals surface area contributed by atoms with Gasteiger partial charge in [-0.25, -0.2) is 9.59 Å². The molecular formula is C14H18N2O3. The van der Waals surface area contributed by atoms with Gasteiger partial charge in [0.1, 0.15) is 5.54 Å². The molecule has 2 unspecified atom stereocenters. The van der Waals surface area contributed by atoms with Crippen molar-refractivity contribution in [3.63, 3.8) is 0 Å². The lowest BCUT2D eigenvalue weighted by Gasteiger charge is -2.21. The number of carbonyl (C=O) groups is 2. The maximum absolute atomic E-state index is 11.7. The minimum atomic E-state index is -1.26. The fourth-order valence-electron chi connectivity index (χ4n) is 1.96. The number of urea groups is 1. The SMILES string of the molecule is CC(C)(NC(=O)NC1CC1c1ccccc1)C(=O)O. The first kappa shape index (κ1) is 13.4. The fraction of sp³-hybridized carbons (Fsp3) is 0.429. The van der Waals surface area contributed by atoms with Crippen molar-refractivity contribution >= 4 is 12.0 Å². The Bertz CT molecular complexity index is 485. The predicted molar refractivity (Wildman–Crippen MR) is 71.0 cm³/mol. The number of benzene rings is 1. The Balaban J connectivity index is 1.85. The Morgan fingerprint density at radius 3 is 2.47 bits per heavy atom. The van der Waals surface area contributed by atoms with Crippen molar-refractivity contribution in [3.05, 3.63) is 35.9 Å².